The molecule has 0 heterocycles. The minimum atomic E-state index is -1.26. The number of ether oxygens (including phenoxy) is 2. The van der Waals surface area contributed by atoms with Crippen molar-refractivity contribution in [3.05, 3.63) is 35.9 Å². The molecule has 0 amide bonds. The standard InChI is InChI=1S/C19H28N2O3.C4H4O4/c1-7-11-23-18-9-8-17(13-19(18)22-6)14-20-24-12-10-21(15(2)3)16(4)5;5-3(6)1-2-4(7)8/h1,8-9,13-16H,10-12H2,2-6H3;1-2H,(H,5,6)(H,7,8)/b20-14+;2-1+. The van der Waals surface area contributed by atoms with Gasteiger partial charge in [0.15, 0.2) is 11.5 Å². The molecular formula is C23H32N2O7. The van der Waals surface area contributed by atoms with Crippen molar-refractivity contribution in [3.63, 3.8) is 0 Å². The third-order valence-corrected chi connectivity index (χ3v) is 3.91. The quantitative estimate of drug-likeness (QED) is 0.165. The summed E-state index contributed by atoms with van der Waals surface area (Å²) in [4.78, 5) is 26.8. The first-order valence-electron chi connectivity index (χ1n) is 9.91. The number of hydrogen-bond acceptors (Lipinski definition) is 7. The van der Waals surface area contributed by atoms with Crippen LogP contribution in [0.1, 0.15) is 33.3 Å². The summed E-state index contributed by atoms with van der Waals surface area (Å²) in [6.07, 6.45) is 7.96. The maximum atomic E-state index is 9.55. The number of rotatable bonds is 12. The van der Waals surface area contributed by atoms with Crippen molar-refractivity contribution in [1.82, 2.24) is 4.90 Å². The van der Waals surface area contributed by atoms with Crippen LogP contribution in [0, 0.1) is 12.3 Å². The Hall–Kier alpha value is -3.51. The van der Waals surface area contributed by atoms with E-state index in [1.807, 2.05) is 12.1 Å². The van der Waals surface area contributed by atoms with Crippen molar-refractivity contribution in [1.29, 1.82) is 0 Å². The van der Waals surface area contributed by atoms with Gasteiger partial charge in [-0.2, -0.15) is 0 Å². The molecule has 0 saturated carbocycles. The molecule has 9 heteroatoms. The third-order valence-electron chi connectivity index (χ3n) is 3.91. The Labute approximate surface area is 189 Å². The summed E-state index contributed by atoms with van der Waals surface area (Å²) in [5.41, 5.74) is 0.865. The second-order valence-corrected chi connectivity index (χ2v) is 6.91. The Balaban J connectivity index is 0.00000102. The fraction of sp³-hybridized carbons (Fsp3) is 0.435. The van der Waals surface area contributed by atoms with Crippen LogP contribution in [-0.4, -0.2) is 72.2 Å². The molecule has 0 spiro atoms. The minimum Gasteiger partial charge on any atom is -0.493 e. The van der Waals surface area contributed by atoms with Crippen molar-refractivity contribution in [3.8, 4) is 23.8 Å². The van der Waals surface area contributed by atoms with Gasteiger partial charge in [0.1, 0.15) is 13.2 Å². The van der Waals surface area contributed by atoms with Gasteiger partial charge in [-0.15, -0.1) is 6.42 Å². The molecule has 0 aliphatic carbocycles. The summed E-state index contributed by atoms with van der Waals surface area (Å²) < 4.78 is 10.7. The average Bonchev–Trinajstić information content (AvgIpc) is 2.73. The van der Waals surface area contributed by atoms with Crippen LogP contribution in [-0.2, 0) is 14.4 Å². The summed E-state index contributed by atoms with van der Waals surface area (Å²) in [5, 5.41) is 19.6. The normalized spacial score (nSPS) is 10.8. The SMILES string of the molecule is C#CCOc1ccc(/C=N/OCCN(C(C)C)C(C)C)cc1OC.O=C(O)/C=C/C(=O)O. The van der Waals surface area contributed by atoms with E-state index in [2.05, 4.69) is 43.7 Å². The molecule has 0 aliphatic heterocycles. The van der Waals surface area contributed by atoms with Crippen LogP contribution in [0.5, 0.6) is 11.5 Å². The van der Waals surface area contributed by atoms with E-state index >= 15 is 0 Å². The lowest BCUT2D eigenvalue weighted by Crippen LogP contribution is -2.39. The van der Waals surface area contributed by atoms with E-state index in [1.54, 1.807) is 19.4 Å². The monoisotopic (exact) mass is 448 g/mol. The highest BCUT2D eigenvalue weighted by atomic mass is 16.6. The van der Waals surface area contributed by atoms with Gasteiger partial charge in [-0.05, 0) is 45.9 Å². The van der Waals surface area contributed by atoms with Gasteiger partial charge in [-0.3, -0.25) is 4.90 Å². The number of carboxylic acid groups (broad SMARTS) is 2. The number of nitrogens with zero attached hydrogens (tertiary/aromatic N) is 2. The molecular weight excluding hydrogens is 416 g/mol. The first kappa shape index (κ1) is 28.5. The number of carbonyl (C=O) groups is 2. The maximum absolute atomic E-state index is 9.55. The van der Waals surface area contributed by atoms with Crippen LogP contribution in [0.4, 0.5) is 0 Å². The number of carboxylic acids is 2. The summed E-state index contributed by atoms with van der Waals surface area (Å²) in [6.45, 7) is 10.3. The third kappa shape index (κ3) is 12.9. The first-order chi connectivity index (χ1) is 15.1. The van der Waals surface area contributed by atoms with Gasteiger partial charge in [0.05, 0.1) is 13.3 Å². The largest absolute Gasteiger partial charge is 0.493 e. The molecule has 0 radical (unpaired) electrons. The van der Waals surface area contributed by atoms with Gasteiger partial charge in [-0.1, -0.05) is 11.1 Å². The maximum Gasteiger partial charge on any atom is 0.328 e. The van der Waals surface area contributed by atoms with Crippen LogP contribution in [0.2, 0.25) is 0 Å². The van der Waals surface area contributed by atoms with Crippen molar-refractivity contribution in [2.75, 3.05) is 26.9 Å². The Kier molecular flexibility index (Phi) is 14.4. The number of aliphatic carboxylic acids is 2. The molecule has 0 saturated heterocycles. The zero-order chi connectivity index (χ0) is 24.5. The van der Waals surface area contributed by atoms with Crippen LogP contribution in [0.15, 0.2) is 35.5 Å². The molecule has 9 nitrogen and oxygen atoms in total. The molecule has 0 fully saturated rings. The predicted octanol–water partition coefficient (Wildman–Crippen LogP) is 2.89. The summed E-state index contributed by atoms with van der Waals surface area (Å²) >= 11 is 0. The van der Waals surface area contributed by atoms with E-state index in [0.29, 0.717) is 42.3 Å². The Morgan fingerprint density at radius 2 is 1.72 bits per heavy atom. The lowest BCUT2D eigenvalue weighted by molar-refractivity contribution is -0.134. The van der Waals surface area contributed by atoms with Crippen molar-refractivity contribution in [2.24, 2.45) is 5.16 Å². The number of methoxy groups -OCH3 is 1. The number of oxime groups is 1. The lowest BCUT2D eigenvalue weighted by Gasteiger charge is -2.29. The highest BCUT2D eigenvalue weighted by molar-refractivity contribution is 5.89. The summed E-state index contributed by atoms with van der Waals surface area (Å²) in [6, 6.07) is 6.47. The number of hydrogen-bond donors (Lipinski definition) is 2. The molecule has 0 unspecified atom stereocenters. The fourth-order valence-corrected chi connectivity index (χ4v) is 2.56. The molecule has 1 aromatic rings. The molecule has 2 N–H and O–H groups in total. The van der Waals surface area contributed by atoms with Gasteiger partial charge < -0.3 is 24.5 Å². The Morgan fingerprint density at radius 3 is 2.19 bits per heavy atom. The molecule has 0 atom stereocenters. The van der Waals surface area contributed by atoms with Gasteiger partial charge in [0, 0.05) is 36.3 Å². The van der Waals surface area contributed by atoms with E-state index in [9.17, 15) is 9.59 Å². The molecule has 1 aromatic carbocycles. The fourth-order valence-electron chi connectivity index (χ4n) is 2.56. The van der Waals surface area contributed by atoms with Crippen molar-refractivity contribution >= 4 is 18.2 Å². The second kappa shape index (κ2) is 16.2. The summed E-state index contributed by atoms with van der Waals surface area (Å²) in [5.74, 6) is 1.13. The minimum absolute atomic E-state index is 0.203. The van der Waals surface area contributed by atoms with E-state index in [0.717, 1.165) is 12.1 Å². The molecule has 176 valence electrons. The van der Waals surface area contributed by atoms with Crippen molar-refractivity contribution in [2.45, 2.75) is 39.8 Å². The van der Waals surface area contributed by atoms with Gasteiger partial charge in [0.2, 0.25) is 0 Å². The van der Waals surface area contributed by atoms with Crippen LogP contribution < -0.4 is 9.47 Å². The second-order valence-electron chi connectivity index (χ2n) is 6.91. The smallest absolute Gasteiger partial charge is 0.328 e. The van der Waals surface area contributed by atoms with E-state index in [4.69, 9.17) is 30.9 Å². The highest BCUT2D eigenvalue weighted by Crippen LogP contribution is 2.27. The van der Waals surface area contributed by atoms with Crippen LogP contribution in [0.25, 0.3) is 0 Å². The van der Waals surface area contributed by atoms with Gasteiger partial charge >= 0.3 is 11.9 Å². The molecule has 32 heavy (non-hydrogen) atoms. The van der Waals surface area contributed by atoms with E-state index in [-0.39, 0.29) is 6.61 Å². The Morgan fingerprint density at radius 1 is 1.12 bits per heavy atom. The number of terminal acetylenes is 1. The predicted molar refractivity (Wildman–Crippen MR) is 122 cm³/mol. The van der Waals surface area contributed by atoms with E-state index < -0.39 is 11.9 Å². The topological polar surface area (TPSA) is 118 Å². The highest BCUT2D eigenvalue weighted by Gasteiger charge is 2.12. The lowest BCUT2D eigenvalue weighted by atomic mass is 10.2. The van der Waals surface area contributed by atoms with Crippen LogP contribution >= 0.6 is 0 Å². The average molecular weight is 449 g/mol. The summed E-state index contributed by atoms with van der Waals surface area (Å²) in [7, 11) is 1.59. The van der Waals surface area contributed by atoms with Crippen LogP contribution in [0.3, 0.4) is 0 Å². The number of benzene rings is 1. The van der Waals surface area contributed by atoms with E-state index in [1.165, 1.54) is 0 Å². The van der Waals surface area contributed by atoms with Crippen molar-refractivity contribution < 1.29 is 34.1 Å². The molecule has 0 aromatic heterocycles. The molecule has 1 rings (SSSR count). The Bertz CT molecular complexity index is 787. The van der Waals surface area contributed by atoms with Gasteiger partial charge in [0.25, 0.3) is 0 Å². The van der Waals surface area contributed by atoms with Gasteiger partial charge in [-0.25, -0.2) is 9.59 Å². The molecule has 0 bridgehead atoms. The first-order valence-corrected chi connectivity index (χ1v) is 9.91. The zero-order valence-corrected chi connectivity index (χ0v) is 19.1. The molecule has 0 aliphatic rings. The zero-order valence-electron chi connectivity index (χ0n) is 19.1.